The van der Waals surface area contributed by atoms with Crippen LogP contribution in [-0.4, -0.2) is 46.9 Å². The molecule has 0 aliphatic carbocycles. The van der Waals surface area contributed by atoms with Crippen LogP contribution < -0.4 is 16.2 Å². The number of carboxylic acid groups (broad SMARTS) is 1. The van der Waals surface area contributed by atoms with Crippen LogP contribution in [0.15, 0.2) is 66.4 Å². The average Bonchev–Trinajstić information content (AvgIpc) is 2.74. The van der Waals surface area contributed by atoms with Crippen molar-refractivity contribution in [2.24, 2.45) is 0 Å². The van der Waals surface area contributed by atoms with Crippen LogP contribution in [-0.2, 0) is 20.9 Å². The first-order valence-corrected chi connectivity index (χ1v) is 9.61. The van der Waals surface area contributed by atoms with E-state index in [1.54, 1.807) is 0 Å². The maximum absolute atomic E-state index is 11.4. The Morgan fingerprint density at radius 3 is 2.30 bits per heavy atom. The second-order valence-electron chi connectivity index (χ2n) is 7.01. The first-order chi connectivity index (χ1) is 14.4. The van der Waals surface area contributed by atoms with Gasteiger partial charge in [0, 0.05) is 20.0 Å². The molecule has 5 N–H and O–H groups in total. The monoisotopic (exact) mass is 411 g/mol. The molecule has 1 amide bonds. The number of aliphatic hydroxyl groups excluding tert-OH is 1. The van der Waals surface area contributed by atoms with E-state index in [4.69, 9.17) is 9.84 Å². The molecule has 158 valence electrons. The molecule has 8 nitrogen and oxygen atoms in total. The quantitative estimate of drug-likeness (QED) is 0.327. The lowest BCUT2D eigenvalue weighted by Crippen LogP contribution is -2.57. The summed E-state index contributed by atoms with van der Waals surface area (Å²) in [6.45, 7) is 2.02. The molecule has 8 heteroatoms. The number of carbonyl (C=O) groups is 2. The smallest absolute Gasteiger partial charge is 0.370 e. The van der Waals surface area contributed by atoms with E-state index in [1.807, 2.05) is 42.5 Å². The molecule has 0 radical (unpaired) electrons. The first kappa shape index (κ1) is 21.5. The van der Waals surface area contributed by atoms with Crippen molar-refractivity contribution in [3.05, 3.63) is 72.0 Å². The van der Waals surface area contributed by atoms with Crippen LogP contribution in [0.4, 0.5) is 0 Å². The van der Waals surface area contributed by atoms with Gasteiger partial charge in [0.05, 0.1) is 6.04 Å². The Morgan fingerprint density at radius 2 is 1.67 bits per heavy atom. The fraction of sp³-hybridized carbons (Fsp3) is 0.273. The average molecular weight is 411 g/mol. The molecular formula is C22H25N3O5. The van der Waals surface area contributed by atoms with Gasteiger partial charge in [-0.1, -0.05) is 54.6 Å². The van der Waals surface area contributed by atoms with Crippen LogP contribution in [0.2, 0.25) is 0 Å². The number of hydrogen-bond donors (Lipinski definition) is 5. The lowest BCUT2D eigenvalue weighted by Gasteiger charge is -2.34. The van der Waals surface area contributed by atoms with E-state index < -0.39 is 24.2 Å². The molecule has 2 aromatic carbocycles. The zero-order valence-electron chi connectivity index (χ0n) is 16.5. The van der Waals surface area contributed by atoms with Gasteiger partial charge in [-0.25, -0.2) is 4.79 Å². The SMILES string of the molecule is CC(=O)NC1C(CNNCc2ccc(-c3ccccc3)cc2)OC(C(=O)O)=C[C@H]1O. The standard InChI is InChI=1S/C22H25N3O5/c1-14(26)25-21-18(27)11-19(22(28)29)30-20(21)13-24-23-12-15-7-9-17(10-8-15)16-5-3-2-4-6-16/h2-11,18,20-21,23-24,27H,12-13H2,1H3,(H,25,26)(H,28,29)/t18-,20?,21?/m1/s1. The number of ether oxygens (including phenoxy) is 1. The molecule has 0 aromatic heterocycles. The number of carbonyl (C=O) groups excluding carboxylic acids is 1. The van der Waals surface area contributed by atoms with Gasteiger partial charge < -0.3 is 20.3 Å². The largest absolute Gasteiger partial charge is 0.480 e. The Bertz CT molecular complexity index is 899. The van der Waals surface area contributed by atoms with Gasteiger partial charge in [0.1, 0.15) is 12.2 Å². The number of amides is 1. The summed E-state index contributed by atoms with van der Waals surface area (Å²) in [4.78, 5) is 22.6. The van der Waals surface area contributed by atoms with Gasteiger partial charge in [-0.3, -0.25) is 15.6 Å². The van der Waals surface area contributed by atoms with Crippen LogP contribution >= 0.6 is 0 Å². The van der Waals surface area contributed by atoms with Gasteiger partial charge >= 0.3 is 5.97 Å². The van der Waals surface area contributed by atoms with Crippen molar-refractivity contribution in [2.75, 3.05) is 6.54 Å². The van der Waals surface area contributed by atoms with E-state index in [0.717, 1.165) is 22.8 Å². The summed E-state index contributed by atoms with van der Waals surface area (Å²) in [6, 6.07) is 17.5. The Balaban J connectivity index is 1.53. The van der Waals surface area contributed by atoms with Crippen LogP contribution in [0.3, 0.4) is 0 Å². The Morgan fingerprint density at radius 1 is 1.00 bits per heavy atom. The zero-order chi connectivity index (χ0) is 21.5. The Kier molecular flexibility index (Phi) is 7.18. The second kappa shape index (κ2) is 10.0. The molecule has 2 unspecified atom stereocenters. The highest BCUT2D eigenvalue weighted by Crippen LogP contribution is 2.20. The summed E-state index contributed by atoms with van der Waals surface area (Å²) in [7, 11) is 0. The lowest BCUT2D eigenvalue weighted by atomic mass is 10.0. The third kappa shape index (κ3) is 5.66. The minimum atomic E-state index is -1.27. The second-order valence-corrected chi connectivity index (χ2v) is 7.01. The van der Waals surface area contributed by atoms with E-state index in [0.29, 0.717) is 6.54 Å². The summed E-state index contributed by atoms with van der Waals surface area (Å²) in [5, 5.41) is 21.9. The van der Waals surface area contributed by atoms with Crippen molar-refractivity contribution in [2.45, 2.75) is 31.7 Å². The summed E-state index contributed by atoms with van der Waals surface area (Å²) in [5.41, 5.74) is 9.35. The minimum absolute atomic E-state index is 0.175. The maximum Gasteiger partial charge on any atom is 0.370 e. The molecule has 30 heavy (non-hydrogen) atoms. The molecule has 0 spiro atoms. The number of rotatable bonds is 8. The van der Waals surface area contributed by atoms with E-state index in [2.05, 4.69) is 28.3 Å². The molecule has 1 heterocycles. The predicted molar refractivity (Wildman–Crippen MR) is 111 cm³/mol. The molecule has 1 aliphatic rings. The number of carboxylic acids is 1. The van der Waals surface area contributed by atoms with E-state index in [9.17, 15) is 14.7 Å². The van der Waals surface area contributed by atoms with Gasteiger partial charge in [-0.05, 0) is 22.8 Å². The Labute approximate surface area is 174 Å². The van der Waals surface area contributed by atoms with Gasteiger partial charge in [-0.15, -0.1) is 0 Å². The van der Waals surface area contributed by atoms with Crippen LogP contribution in [0, 0.1) is 0 Å². The van der Waals surface area contributed by atoms with Crippen LogP contribution in [0.25, 0.3) is 11.1 Å². The lowest BCUT2D eigenvalue weighted by molar-refractivity contribution is -0.139. The van der Waals surface area contributed by atoms with Gasteiger partial charge in [0.2, 0.25) is 11.7 Å². The summed E-state index contributed by atoms with van der Waals surface area (Å²) in [6.07, 6.45) is -0.833. The van der Waals surface area contributed by atoms with Crippen molar-refractivity contribution < 1.29 is 24.5 Å². The minimum Gasteiger partial charge on any atom is -0.480 e. The van der Waals surface area contributed by atoms with Crippen LogP contribution in [0.5, 0.6) is 0 Å². The molecule has 3 atom stereocenters. The molecular weight excluding hydrogens is 386 g/mol. The summed E-state index contributed by atoms with van der Waals surface area (Å²) < 4.78 is 5.43. The van der Waals surface area contributed by atoms with Gasteiger partial charge in [0.25, 0.3) is 0 Å². The van der Waals surface area contributed by atoms with Gasteiger partial charge in [-0.2, -0.15) is 0 Å². The topological polar surface area (TPSA) is 120 Å². The predicted octanol–water partition coefficient (Wildman–Crippen LogP) is 1.18. The third-order valence-corrected chi connectivity index (χ3v) is 4.73. The van der Waals surface area contributed by atoms with Crippen molar-refractivity contribution in [1.82, 2.24) is 16.2 Å². The van der Waals surface area contributed by atoms with E-state index in [1.165, 1.54) is 6.92 Å². The van der Waals surface area contributed by atoms with Crippen LogP contribution in [0.1, 0.15) is 12.5 Å². The van der Waals surface area contributed by atoms with Crippen molar-refractivity contribution >= 4 is 11.9 Å². The summed E-state index contributed by atoms with van der Waals surface area (Å²) >= 11 is 0. The highest BCUT2D eigenvalue weighted by atomic mass is 16.5. The van der Waals surface area contributed by atoms with Crippen molar-refractivity contribution in [3.8, 4) is 11.1 Å². The molecule has 0 fully saturated rings. The van der Waals surface area contributed by atoms with Crippen molar-refractivity contribution in [1.29, 1.82) is 0 Å². The number of hydrazine groups is 1. The summed E-state index contributed by atoms with van der Waals surface area (Å²) in [5.74, 6) is -1.95. The zero-order valence-corrected chi connectivity index (χ0v) is 16.5. The molecule has 0 saturated carbocycles. The molecule has 3 rings (SSSR count). The van der Waals surface area contributed by atoms with Gasteiger partial charge in [0.15, 0.2) is 0 Å². The number of aliphatic carboxylic acids is 1. The number of aliphatic hydroxyl groups is 1. The maximum atomic E-state index is 11.4. The van der Waals surface area contributed by atoms with Crippen molar-refractivity contribution in [3.63, 3.8) is 0 Å². The number of hydrogen-bond acceptors (Lipinski definition) is 6. The molecule has 0 saturated heterocycles. The highest BCUT2D eigenvalue weighted by Gasteiger charge is 2.36. The highest BCUT2D eigenvalue weighted by molar-refractivity contribution is 5.84. The fourth-order valence-corrected chi connectivity index (χ4v) is 3.24. The normalized spacial score (nSPS) is 20.7. The van der Waals surface area contributed by atoms with E-state index in [-0.39, 0.29) is 18.2 Å². The molecule has 1 aliphatic heterocycles. The fourth-order valence-electron chi connectivity index (χ4n) is 3.24. The first-order valence-electron chi connectivity index (χ1n) is 9.61. The van der Waals surface area contributed by atoms with E-state index >= 15 is 0 Å². The number of nitrogens with one attached hydrogen (secondary N) is 3. The molecule has 0 bridgehead atoms. The Hall–Kier alpha value is -3.20. The molecule has 2 aromatic rings. The number of benzene rings is 2. The third-order valence-electron chi connectivity index (χ3n) is 4.73.